The largest absolute Gasteiger partial charge is 0.425 e. The summed E-state index contributed by atoms with van der Waals surface area (Å²) in [4.78, 5) is 18.4. The van der Waals surface area contributed by atoms with Crippen LogP contribution < -0.4 is 10.2 Å². The normalized spacial score (nSPS) is 18.0. The maximum absolute atomic E-state index is 13.7. The molecule has 0 unspecified atom stereocenters. The second kappa shape index (κ2) is 7.47. The lowest BCUT2D eigenvalue weighted by molar-refractivity contribution is -0.136. The molecule has 1 aliphatic carbocycles. The molecule has 1 saturated carbocycles. The highest BCUT2D eigenvalue weighted by Crippen LogP contribution is 2.42. The summed E-state index contributed by atoms with van der Waals surface area (Å²) in [6.45, 7) is 1.03. The number of hydrogen-bond donors (Lipinski definition) is 1. The zero-order chi connectivity index (χ0) is 21.8. The lowest BCUT2D eigenvalue weighted by atomic mass is 9.96. The summed E-state index contributed by atoms with van der Waals surface area (Å²) in [5.41, 5.74) is -0.522. The monoisotopic (exact) mass is 451 g/mol. The molecule has 1 aliphatic heterocycles. The molecule has 31 heavy (non-hydrogen) atoms. The van der Waals surface area contributed by atoms with Crippen LogP contribution >= 0.6 is 11.3 Å². The fourth-order valence-corrected chi connectivity index (χ4v) is 4.95. The SMILES string of the molecule is CNC(=O)c1csc2c(C(F)(F)F)cc(N3CCC(c4nnc(C5CC5)o4)CC3)nc12. The predicted molar refractivity (Wildman–Crippen MR) is 108 cm³/mol. The Hall–Kier alpha value is -2.69. The number of halogens is 3. The lowest BCUT2D eigenvalue weighted by Gasteiger charge is -2.31. The molecule has 1 saturated heterocycles. The average molecular weight is 451 g/mol. The van der Waals surface area contributed by atoms with Gasteiger partial charge in [0, 0.05) is 37.4 Å². The molecule has 2 aliphatic rings. The van der Waals surface area contributed by atoms with Gasteiger partial charge in [0.25, 0.3) is 5.91 Å². The number of pyridine rings is 1. The smallest absolute Gasteiger partial charge is 0.417 e. The molecule has 1 N–H and O–H groups in total. The molecule has 0 bridgehead atoms. The van der Waals surface area contributed by atoms with Crippen molar-refractivity contribution in [2.75, 3.05) is 25.0 Å². The number of piperidine rings is 1. The molecule has 7 nitrogen and oxygen atoms in total. The number of aromatic nitrogens is 3. The molecule has 4 heterocycles. The standard InChI is InChI=1S/C20H20F3N5O2S/c1-24-17(29)12-9-31-16-13(20(21,22)23)8-14(25-15(12)16)28-6-4-11(5-7-28)19-27-26-18(30-19)10-2-3-10/h8-11H,2-7H2,1H3,(H,24,29). The van der Waals surface area contributed by atoms with E-state index >= 15 is 0 Å². The van der Waals surface area contributed by atoms with Gasteiger partial charge in [-0.2, -0.15) is 13.2 Å². The highest BCUT2D eigenvalue weighted by molar-refractivity contribution is 7.17. The number of fused-ring (bicyclic) bond motifs is 1. The molecule has 5 rings (SSSR count). The first kappa shape index (κ1) is 20.2. The predicted octanol–water partition coefficient (Wildman–Crippen LogP) is 4.32. The molecule has 0 atom stereocenters. The Morgan fingerprint density at radius 2 is 1.81 bits per heavy atom. The third kappa shape index (κ3) is 3.75. The van der Waals surface area contributed by atoms with Crippen LogP contribution in [0.4, 0.5) is 19.0 Å². The highest BCUT2D eigenvalue weighted by Gasteiger charge is 2.37. The summed E-state index contributed by atoms with van der Waals surface area (Å²) in [6, 6.07) is 1.09. The van der Waals surface area contributed by atoms with E-state index in [4.69, 9.17) is 4.42 Å². The number of rotatable bonds is 4. The van der Waals surface area contributed by atoms with E-state index in [0.29, 0.717) is 43.6 Å². The molecular weight excluding hydrogens is 431 g/mol. The van der Waals surface area contributed by atoms with Crippen LogP contribution in [0.25, 0.3) is 10.2 Å². The van der Waals surface area contributed by atoms with Crippen molar-refractivity contribution in [1.82, 2.24) is 20.5 Å². The van der Waals surface area contributed by atoms with Gasteiger partial charge in [-0.25, -0.2) is 4.98 Å². The maximum Gasteiger partial charge on any atom is 0.417 e. The zero-order valence-corrected chi connectivity index (χ0v) is 17.5. The Morgan fingerprint density at radius 1 is 1.16 bits per heavy atom. The van der Waals surface area contributed by atoms with Gasteiger partial charge in [-0.15, -0.1) is 21.5 Å². The number of hydrogen-bond acceptors (Lipinski definition) is 7. The Balaban J connectivity index is 1.42. The first-order valence-corrected chi connectivity index (χ1v) is 11.0. The summed E-state index contributed by atoms with van der Waals surface area (Å²) >= 11 is 0.884. The van der Waals surface area contributed by atoms with E-state index in [-0.39, 0.29) is 27.5 Å². The Kier molecular flexibility index (Phi) is 4.87. The zero-order valence-electron chi connectivity index (χ0n) is 16.7. The minimum Gasteiger partial charge on any atom is -0.425 e. The topological polar surface area (TPSA) is 84.2 Å². The van der Waals surface area contributed by atoms with Crippen LogP contribution in [0, 0.1) is 0 Å². The van der Waals surface area contributed by atoms with E-state index < -0.39 is 17.6 Å². The molecule has 0 aromatic carbocycles. The summed E-state index contributed by atoms with van der Waals surface area (Å²) in [6.07, 6.45) is -1.02. The second-order valence-corrected chi connectivity index (χ2v) is 8.83. The van der Waals surface area contributed by atoms with Crippen molar-refractivity contribution < 1.29 is 22.4 Å². The average Bonchev–Trinajstić information content (AvgIpc) is 3.33. The summed E-state index contributed by atoms with van der Waals surface area (Å²) in [5.74, 6) is 1.55. The van der Waals surface area contributed by atoms with Gasteiger partial charge < -0.3 is 14.6 Å². The quantitative estimate of drug-likeness (QED) is 0.636. The van der Waals surface area contributed by atoms with Gasteiger partial charge in [0.05, 0.1) is 21.3 Å². The van der Waals surface area contributed by atoms with Crippen LogP contribution in [0.5, 0.6) is 0 Å². The number of nitrogens with zero attached hydrogens (tertiary/aromatic N) is 4. The minimum absolute atomic E-state index is 0.0248. The Labute approximate surface area is 179 Å². The van der Waals surface area contributed by atoms with E-state index in [1.54, 1.807) is 0 Å². The van der Waals surface area contributed by atoms with Crippen LogP contribution in [-0.2, 0) is 6.18 Å². The van der Waals surface area contributed by atoms with Crippen molar-refractivity contribution in [3.63, 3.8) is 0 Å². The molecule has 3 aromatic rings. The van der Waals surface area contributed by atoms with Crippen molar-refractivity contribution in [2.24, 2.45) is 0 Å². The molecule has 11 heteroatoms. The minimum atomic E-state index is -4.54. The summed E-state index contributed by atoms with van der Waals surface area (Å²) in [5, 5.41) is 12.2. The fourth-order valence-electron chi connectivity index (χ4n) is 3.93. The molecule has 0 spiro atoms. The number of alkyl halides is 3. The van der Waals surface area contributed by atoms with E-state index in [2.05, 4.69) is 20.5 Å². The molecule has 3 aromatic heterocycles. The number of thiophene rings is 1. The number of anilines is 1. The van der Waals surface area contributed by atoms with Crippen LogP contribution in [0.2, 0.25) is 0 Å². The van der Waals surface area contributed by atoms with Crippen molar-refractivity contribution in [3.05, 3.63) is 34.4 Å². The van der Waals surface area contributed by atoms with Gasteiger partial charge in [0.1, 0.15) is 5.82 Å². The van der Waals surface area contributed by atoms with E-state index in [1.165, 1.54) is 12.4 Å². The van der Waals surface area contributed by atoms with E-state index in [0.717, 1.165) is 30.2 Å². The van der Waals surface area contributed by atoms with Crippen LogP contribution in [0.15, 0.2) is 15.9 Å². The Bertz CT molecular complexity index is 1130. The fraction of sp³-hybridized carbons (Fsp3) is 0.500. The van der Waals surface area contributed by atoms with Crippen molar-refractivity contribution in [1.29, 1.82) is 0 Å². The second-order valence-electron chi connectivity index (χ2n) is 7.95. The van der Waals surface area contributed by atoms with Gasteiger partial charge in [-0.3, -0.25) is 4.79 Å². The van der Waals surface area contributed by atoms with Gasteiger partial charge in [0.2, 0.25) is 11.8 Å². The number of amides is 1. The third-order valence-electron chi connectivity index (χ3n) is 5.84. The van der Waals surface area contributed by atoms with Crippen LogP contribution in [-0.4, -0.2) is 41.2 Å². The molecule has 0 radical (unpaired) electrons. The number of carbonyl (C=O) groups excluding carboxylic acids is 1. The molecule has 2 fully saturated rings. The summed E-state index contributed by atoms with van der Waals surface area (Å²) < 4.78 is 47.0. The Morgan fingerprint density at radius 3 is 2.39 bits per heavy atom. The van der Waals surface area contributed by atoms with Crippen molar-refractivity contribution in [2.45, 2.75) is 43.7 Å². The molecule has 164 valence electrons. The van der Waals surface area contributed by atoms with Crippen LogP contribution in [0.1, 0.15) is 65.2 Å². The van der Waals surface area contributed by atoms with Crippen LogP contribution in [0.3, 0.4) is 0 Å². The maximum atomic E-state index is 13.7. The van der Waals surface area contributed by atoms with Gasteiger partial charge >= 0.3 is 6.18 Å². The van der Waals surface area contributed by atoms with E-state index in [9.17, 15) is 18.0 Å². The van der Waals surface area contributed by atoms with Gasteiger partial charge in [-0.1, -0.05) is 0 Å². The first-order chi connectivity index (χ1) is 14.8. The van der Waals surface area contributed by atoms with Crippen molar-refractivity contribution in [3.8, 4) is 0 Å². The third-order valence-corrected chi connectivity index (χ3v) is 6.84. The molecular formula is C20H20F3N5O2S. The van der Waals surface area contributed by atoms with Crippen molar-refractivity contribution >= 4 is 33.3 Å². The number of carbonyl (C=O) groups is 1. The first-order valence-electron chi connectivity index (χ1n) is 10.1. The molecule has 1 amide bonds. The summed E-state index contributed by atoms with van der Waals surface area (Å²) in [7, 11) is 1.44. The van der Waals surface area contributed by atoms with E-state index in [1.807, 2.05) is 4.90 Å². The van der Waals surface area contributed by atoms with Gasteiger partial charge in [0.15, 0.2) is 0 Å². The van der Waals surface area contributed by atoms with Gasteiger partial charge in [-0.05, 0) is 31.7 Å². The number of nitrogens with one attached hydrogen (secondary N) is 1. The lowest BCUT2D eigenvalue weighted by Crippen LogP contribution is -2.34. The highest BCUT2D eigenvalue weighted by atomic mass is 32.1.